The molecule has 4 nitrogen and oxygen atoms in total. The van der Waals surface area contributed by atoms with E-state index in [0.717, 1.165) is 68.4 Å². The second-order valence-corrected chi connectivity index (χ2v) is 13.2. The van der Waals surface area contributed by atoms with Crippen molar-refractivity contribution >= 4 is 5.91 Å². The van der Waals surface area contributed by atoms with Crippen LogP contribution in [0.25, 0.3) is 0 Å². The molecule has 182 valence electrons. The molecule has 1 amide bonds. The third-order valence-electron chi connectivity index (χ3n) is 11.8. The number of nitrogens with two attached hydrogens (primary N) is 1. The molecule has 10 atom stereocenters. The molecular formula is C28H48N2O2. The summed E-state index contributed by atoms with van der Waals surface area (Å²) in [5, 5.41) is 10.3. The fraction of sp³-hybridized carbons (Fsp3) is 0.964. The van der Waals surface area contributed by atoms with Crippen LogP contribution >= 0.6 is 0 Å². The van der Waals surface area contributed by atoms with Crippen molar-refractivity contribution in [3.05, 3.63) is 0 Å². The SMILES string of the molecule is C[C@H](CCC(=O)N1CC[C@H](N)C1)[C@H]1CC[C@H]2[C@@H]3CC[C@H]4C[C@@H](O)CC[C@]4(C)[C@H]3CC[C@]12C. The van der Waals surface area contributed by atoms with Crippen LogP contribution in [-0.2, 0) is 4.79 Å². The first-order chi connectivity index (χ1) is 15.2. The molecule has 5 fully saturated rings. The maximum Gasteiger partial charge on any atom is 0.222 e. The number of aliphatic hydroxyl groups is 1. The number of aliphatic hydroxyl groups excluding tert-OH is 1. The fourth-order valence-corrected chi connectivity index (χ4v) is 9.93. The molecule has 1 saturated heterocycles. The highest BCUT2D eigenvalue weighted by atomic mass is 16.3. The molecule has 0 unspecified atom stereocenters. The molecule has 5 aliphatic rings. The molecule has 3 N–H and O–H groups in total. The third kappa shape index (κ3) is 3.76. The van der Waals surface area contributed by atoms with Crippen molar-refractivity contribution in [1.29, 1.82) is 0 Å². The number of nitrogens with zero attached hydrogens (tertiary/aromatic N) is 1. The maximum atomic E-state index is 12.7. The standard InChI is InChI=1S/C28H48N2O2/c1-18(4-9-26(32)30-15-12-20(29)17-30)23-7-8-24-22-6-5-19-16-21(31)10-13-27(19,2)25(22)11-14-28(23,24)3/h18-25,31H,4-17,29H2,1-3H3/t18-,19+,20+,21+,22+,23-,24+,25+,27+,28-/m1/s1. The summed E-state index contributed by atoms with van der Waals surface area (Å²) >= 11 is 0. The van der Waals surface area contributed by atoms with E-state index >= 15 is 0 Å². The smallest absolute Gasteiger partial charge is 0.222 e. The Bertz CT molecular complexity index is 712. The van der Waals surface area contributed by atoms with Gasteiger partial charge in [0, 0.05) is 25.6 Å². The zero-order valence-corrected chi connectivity index (χ0v) is 20.9. The quantitative estimate of drug-likeness (QED) is 0.642. The third-order valence-corrected chi connectivity index (χ3v) is 11.8. The predicted octanol–water partition coefficient (Wildman–Crippen LogP) is 4.98. The van der Waals surface area contributed by atoms with Crippen LogP contribution in [0.2, 0.25) is 0 Å². The summed E-state index contributed by atoms with van der Waals surface area (Å²) < 4.78 is 0. The summed E-state index contributed by atoms with van der Waals surface area (Å²) in [5.74, 6) is 5.15. The predicted molar refractivity (Wildman–Crippen MR) is 129 cm³/mol. The molecule has 5 rings (SSSR count). The average molecular weight is 445 g/mol. The van der Waals surface area contributed by atoms with Crippen molar-refractivity contribution in [2.24, 2.45) is 52.1 Å². The number of carbonyl (C=O) groups excluding carboxylic acids is 1. The Morgan fingerprint density at radius 1 is 1.03 bits per heavy atom. The largest absolute Gasteiger partial charge is 0.393 e. The van der Waals surface area contributed by atoms with E-state index in [-0.39, 0.29) is 12.1 Å². The molecule has 4 aliphatic carbocycles. The Hall–Kier alpha value is -0.610. The van der Waals surface area contributed by atoms with Gasteiger partial charge in [-0.1, -0.05) is 20.8 Å². The second kappa shape index (κ2) is 8.56. The van der Waals surface area contributed by atoms with Gasteiger partial charge in [-0.25, -0.2) is 0 Å². The number of fused-ring (bicyclic) bond motifs is 5. The number of hydrogen-bond acceptors (Lipinski definition) is 3. The van der Waals surface area contributed by atoms with E-state index in [1.54, 1.807) is 0 Å². The van der Waals surface area contributed by atoms with Gasteiger partial charge in [0.1, 0.15) is 0 Å². The molecule has 4 heteroatoms. The van der Waals surface area contributed by atoms with Crippen LogP contribution in [0.5, 0.6) is 0 Å². The summed E-state index contributed by atoms with van der Waals surface area (Å²) in [4.78, 5) is 14.7. The fourth-order valence-electron chi connectivity index (χ4n) is 9.93. The van der Waals surface area contributed by atoms with Gasteiger partial charge in [-0.3, -0.25) is 4.79 Å². The second-order valence-electron chi connectivity index (χ2n) is 13.2. The lowest BCUT2D eigenvalue weighted by molar-refractivity contribution is -0.132. The summed E-state index contributed by atoms with van der Waals surface area (Å²) in [5.41, 5.74) is 6.95. The Morgan fingerprint density at radius 3 is 2.53 bits per heavy atom. The van der Waals surface area contributed by atoms with Crippen molar-refractivity contribution in [3.63, 3.8) is 0 Å². The lowest BCUT2D eigenvalue weighted by Crippen LogP contribution is -2.54. The van der Waals surface area contributed by atoms with Crippen LogP contribution in [0.1, 0.15) is 97.8 Å². The lowest BCUT2D eigenvalue weighted by Gasteiger charge is -2.61. The zero-order valence-electron chi connectivity index (χ0n) is 20.9. The maximum absolute atomic E-state index is 12.7. The first-order valence-electron chi connectivity index (χ1n) is 13.9. The minimum Gasteiger partial charge on any atom is -0.393 e. The monoisotopic (exact) mass is 444 g/mol. The molecule has 32 heavy (non-hydrogen) atoms. The van der Waals surface area contributed by atoms with Crippen LogP contribution in [0, 0.1) is 46.3 Å². The molecular weight excluding hydrogens is 396 g/mol. The van der Waals surface area contributed by atoms with Gasteiger partial charge in [-0.05, 0) is 117 Å². The molecule has 1 aliphatic heterocycles. The van der Waals surface area contributed by atoms with Crippen molar-refractivity contribution in [2.75, 3.05) is 13.1 Å². The van der Waals surface area contributed by atoms with Gasteiger partial charge in [0.2, 0.25) is 5.91 Å². The Balaban J connectivity index is 1.23. The van der Waals surface area contributed by atoms with Gasteiger partial charge in [0.25, 0.3) is 0 Å². The van der Waals surface area contributed by atoms with Gasteiger partial charge < -0.3 is 15.7 Å². The molecule has 0 aromatic carbocycles. The Labute approximate surface area is 196 Å². The van der Waals surface area contributed by atoms with Crippen molar-refractivity contribution in [2.45, 2.75) is 110 Å². The van der Waals surface area contributed by atoms with E-state index in [1.807, 2.05) is 4.90 Å². The summed E-state index contributed by atoms with van der Waals surface area (Å²) in [6.45, 7) is 9.28. The van der Waals surface area contributed by atoms with Gasteiger partial charge in [-0.15, -0.1) is 0 Å². The zero-order chi connectivity index (χ0) is 22.7. The van der Waals surface area contributed by atoms with E-state index < -0.39 is 0 Å². The number of hydrogen-bond donors (Lipinski definition) is 2. The van der Waals surface area contributed by atoms with Crippen LogP contribution < -0.4 is 5.73 Å². The van der Waals surface area contributed by atoms with Crippen LogP contribution in [0.4, 0.5) is 0 Å². The number of likely N-dealkylation sites (tertiary alicyclic amines) is 1. The Kier molecular flexibility index (Phi) is 6.19. The van der Waals surface area contributed by atoms with Crippen LogP contribution in [-0.4, -0.2) is 41.1 Å². The normalized spacial score (nSPS) is 49.3. The minimum absolute atomic E-state index is 0.0470. The van der Waals surface area contributed by atoms with Gasteiger partial charge in [-0.2, -0.15) is 0 Å². The Morgan fingerprint density at radius 2 is 1.78 bits per heavy atom. The van der Waals surface area contributed by atoms with E-state index in [0.29, 0.717) is 29.1 Å². The summed E-state index contributed by atoms with van der Waals surface area (Å²) in [7, 11) is 0. The van der Waals surface area contributed by atoms with E-state index in [1.165, 1.54) is 44.9 Å². The van der Waals surface area contributed by atoms with Crippen LogP contribution in [0.3, 0.4) is 0 Å². The highest BCUT2D eigenvalue weighted by Crippen LogP contribution is 2.68. The molecule has 0 bridgehead atoms. The summed E-state index contributed by atoms with van der Waals surface area (Å²) in [6.07, 6.45) is 14.3. The molecule has 4 saturated carbocycles. The number of amides is 1. The van der Waals surface area contributed by atoms with Crippen LogP contribution in [0.15, 0.2) is 0 Å². The minimum atomic E-state index is -0.0470. The van der Waals surface area contributed by atoms with E-state index in [9.17, 15) is 9.90 Å². The highest BCUT2D eigenvalue weighted by molar-refractivity contribution is 5.76. The summed E-state index contributed by atoms with van der Waals surface area (Å²) in [6, 6.07) is 0.186. The topological polar surface area (TPSA) is 66.6 Å². The highest BCUT2D eigenvalue weighted by Gasteiger charge is 2.60. The number of rotatable bonds is 4. The van der Waals surface area contributed by atoms with Gasteiger partial charge in [0.05, 0.1) is 6.10 Å². The van der Waals surface area contributed by atoms with Crippen molar-refractivity contribution < 1.29 is 9.90 Å². The first-order valence-corrected chi connectivity index (χ1v) is 13.9. The van der Waals surface area contributed by atoms with Gasteiger partial charge in [0.15, 0.2) is 0 Å². The molecule has 0 spiro atoms. The number of carbonyl (C=O) groups is 1. The van der Waals surface area contributed by atoms with E-state index in [2.05, 4.69) is 20.8 Å². The van der Waals surface area contributed by atoms with Crippen molar-refractivity contribution in [1.82, 2.24) is 4.90 Å². The average Bonchev–Trinajstić information content (AvgIpc) is 3.35. The van der Waals surface area contributed by atoms with Crippen molar-refractivity contribution in [3.8, 4) is 0 Å². The lowest BCUT2D eigenvalue weighted by atomic mass is 9.44. The molecule has 0 aromatic heterocycles. The molecule has 1 heterocycles. The van der Waals surface area contributed by atoms with Gasteiger partial charge >= 0.3 is 0 Å². The van der Waals surface area contributed by atoms with E-state index in [4.69, 9.17) is 5.73 Å². The molecule has 0 aromatic rings. The first kappa shape index (κ1) is 23.1. The molecule has 0 radical (unpaired) electrons.